The summed E-state index contributed by atoms with van der Waals surface area (Å²) in [6.45, 7) is 4.92. The number of rotatable bonds is 6. The van der Waals surface area contributed by atoms with Gasteiger partial charge in [0.1, 0.15) is 5.75 Å². The lowest BCUT2D eigenvalue weighted by atomic mass is 9.85. The van der Waals surface area contributed by atoms with Crippen LogP contribution >= 0.6 is 11.8 Å². The van der Waals surface area contributed by atoms with E-state index in [1.807, 2.05) is 43.3 Å². The minimum Gasteiger partial charge on any atom is -0.493 e. The summed E-state index contributed by atoms with van der Waals surface area (Å²) in [6.07, 6.45) is 6.76. The number of carbonyl (C=O) groups is 1. The molecule has 1 heterocycles. The van der Waals surface area contributed by atoms with Crippen LogP contribution in [0.25, 0.3) is 16.8 Å². The number of ether oxygens (including phenoxy) is 1. The Hall–Kier alpha value is -2.92. The van der Waals surface area contributed by atoms with E-state index in [1.165, 1.54) is 19.3 Å². The molecule has 3 atom stereocenters. The van der Waals surface area contributed by atoms with E-state index < -0.39 is 0 Å². The Bertz CT molecular complexity index is 1190. The van der Waals surface area contributed by atoms with Crippen molar-refractivity contribution in [2.75, 3.05) is 11.9 Å². The maximum atomic E-state index is 13.8. The van der Waals surface area contributed by atoms with Crippen molar-refractivity contribution < 1.29 is 9.53 Å². The highest BCUT2D eigenvalue weighted by molar-refractivity contribution is 8.05. The summed E-state index contributed by atoms with van der Waals surface area (Å²) < 4.78 is 5.85. The van der Waals surface area contributed by atoms with Crippen LogP contribution in [0.2, 0.25) is 0 Å². The van der Waals surface area contributed by atoms with Gasteiger partial charge in [-0.2, -0.15) is 0 Å². The first kappa shape index (κ1) is 22.9. The first-order chi connectivity index (χ1) is 16.7. The Balaban J connectivity index is 1.52. The van der Waals surface area contributed by atoms with Crippen molar-refractivity contribution in [3.63, 3.8) is 0 Å². The number of benzene rings is 3. The fourth-order valence-electron chi connectivity index (χ4n) is 5.21. The van der Waals surface area contributed by atoms with Crippen molar-refractivity contribution in [3.05, 3.63) is 77.2 Å². The van der Waals surface area contributed by atoms with Gasteiger partial charge in [0.15, 0.2) is 5.50 Å². The first-order valence-electron chi connectivity index (χ1n) is 12.3. The second-order valence-electron chi connectivity index (χ2n) is 9.16. The van der Waals surface area contributed by atoms with Gasteiger partial charge < -0.3 is 15.0 Å². The number of para-hydroxylation sites is 1. The molecule has 2 fully saturated rings. The van der Waals surface area contributed by atoms with Gasteiger partial charge in [-0.05, 0) is 60.9 Å². The predicted molar refractivity (Wildman–Crippen MR) is 143 cm³/mol. The fraction of sp³-hybridized carbons (Fsp3) is 0.345. The lowest BCUT2D eigenvalue weighted by molar-refractivity contribution is -0.129. The Kier molecular flexibility index (Phi) is 6.82. The van der Waals surface area contributed by atoms with Crippen LogP contribution in [-0.4, -0.2) is 29.0 Å². The van der Waals surface area contributed by atoms with Crippen LogP contribution in [-0.2, 0) is 4.79 Å². The maximum absolute atomic E-state index is 13.8. The van der Waals surface area contributed by atoms with Crippen molar-refractivity contribution in [1.82, 2.24) is 4.90 Å². The monoisotopic (exact) mass is 472 g/mol. The zero-order valence-corrected chi connectivity index (χ0v) is 20.7. The van der Waals surface area contributed by atoms with E-state index >= 15 is 0 Å². The molecule has 1 saturated heterocycles. The van der Waals surface area contributed by atoms with Gasteiger partial charge in [-0.3, -0.25) is 4.79 Å². The van der Waals surface area contributed by atoms with Gasteiger partial charge in [-0.1, -0.05) is 80.1 Å². The zero-order chi connectivity index (χ0) is 23.5. The van der Waals surface area contributed by atoms with E-state index in [1.54, 1.807) is 11.8 Å². The van der Waals surface area contributed by atoms with Gasteiger partial charge in [0.25, 0.3) is 5.91 Å². The first-order valence-corrected chi connectivity index (χ1v) is 13.2. The van der Waals surface area contributed by atoms with Gasteiger partial charge in [-0.25, -0.2) is 0 Å². The Morgan fingerprint density at radius 1 is 1.00 bits per heavy atom. The average molecular weight is 473 g/mol. The maximum Gasteiger partial charge on any atom is 0.262 e. The SMILES string of the molecule is CCOc1ccc(/C=C2\SC(Nc3ccccc3)N([C@H]3CCCC[C@@H]3C)C2=O)c2ccccc12. The van der Waals surface area contributed by atoms with E-state index in [0.717, 1.165) is 39.1 Å². The highest BCUT2D eigenvalue weighted by Crippen LogP contribution is 2.43. The highest BCUT2D eigenvalue weighted by Gasteiger charge is 2.42. The van der Waals surface area contributed by atoms with Crippen LogP contribution < -0.4 is 10.1 Å². The zero-order valence-electron chi connectivity index (χ0n) is 19.9. The van der Waals surface area contributed by atoms with E-state index in [-0.39, 0.29) is 17.4 Å². The number of carbonyl (C=O) groups excluding carboxylic acids is 1. The summed E-state index contributed by atoms with van der Waals surface area (Å²) in [6, 6.07) is 22.8. The van der Waals surface area contributed by atoms with E-state index in [2.05, 4.69) is 53.5 Å². The minimum absolute atomic E-state index is 0.110. The second-order valence-corrected chi connectivity index (χ2v) is 10.3. The fourth-order valence-corrected chi connectivity index (χ4v) is 6.41. The van der Waals surface area contributed by atoms with Crippen molar-refractivity contribution in [2.45, 2.75) is 51.1 Å². The topological polar surface area (TPSA) is 41.6 Å². The van der Waals surface area contributed by atoms with Crippen LogP contribution in [0.1, 0.15) is 45.1 Å². The van der Waals surface area contributed by atoms with Gasteiger partial charge >= 0.3 is 0 Å². The summed E-state index contributed by atoms with van der Waals surface area (Å²) >= 11 is 1.63. The third kappa shape index (κ3) is 4.54. The molecule has 0 radical (unpaired) electrons. The van der Waals surface area contributed by atoms with E-state index in [4.69, 9.17) is 4.74 Å². The predicted octanol–water partition coefficient (Wildman–Crippen LogP) is 7.13. The van der Waals surface area contributed by atoms with Crippen LogP contribution in [0.15, 0.2) is 71.6 Å². The molecule has 1 unspecified atom stereocenters. The molecule has 0 spiro atoms. The number of hydrogen-bond acceptors (Lipinski definition) is 4. The number of nitrogens with one attached hydrogen (secondary N) is 1. The Morgan fingerprint density at radius 3 is 2.50 bits per heavy atom. The smallest absolute Gasteiger partial charge is 0.262 e. The Morgan fingerprint density at radius 2 is 1.74 bits per heavy atom. The summed E-state index contributed by atoms with van der Waals surface area (Å²) in [5.74, 6) is 1.52. The molecular formula is C29H32N2O2S. The molecular weight excluding hydrogens is 440 g/mol. The van der Waals surface area contributed by atoms with Crippen molar-refractivity contribution in [2.24, 2.45) is 5.92 Å². The third-order valence-corrected chi connectivity index (χ3v) is 8.04. The summed E-state index contributed by atoms with van der Waals surface area (Å²) in [5.41, 5.74) is 1.97. The second kappa shape index (κ2) is 10.1. The highest BCUT2D eigenvalue weighted by atomic mass is 32.2. The van der Waals surface area contributed by atoms with Gasteiger partial charge in [-0.15, -0.1) is 0 Å². The van der Waals surface area contributed by atoms with E-state index in [0.29, 0.717) is 12.5 Å². The molecule has 2 aliphatic rings. The van der Waals surface area contributed by atoms with E-state index in [9.17, 15) is 4.79 Å². The Labute approximate surface area is 206 Å². The van der Waals surface area contributed by atoms with Crippen molar-refractivity contribution >= 4 is 40.2 Å². The average Bonchev–Trinajstić information content (AvgIpc) is 3.16. The standard InChI is InChI=1S/C29H32N2O2S/c1-3-33-26-18-17-21(23-14-8-9-15-24(23)26)19-27-28(32)31(25-16-10-7-11-20(25)2)29(34-27)30-22-12-5-4-6-13-22/h4-6,8-9,12-15,17-20,25,29-30H,3,7,10-11,16H2,1-2H3/b27-19-/t20-,25-,29?/m0/s1. The van der Waals surface area contributed by atoms with Crippen LogP contribution in [0, 0.1) is 5.92 Å². The molecule has 1 N–H and O–H groups in total. The molecule has 3 aromatic rings. The third-order valence-electron chi connectivity index (χ3n) is 6.93. The molecule has 1 aliphatic heterocycles. The minimum atomic E-state index is -0.110. The van der Waals surface area contributed by atoms with Crippen LogP contribution in [0.3, 0.4) is 0 Å². The number of thioether (sulfide) groups is 1. The number of fused-ring (bicyclic) bond motifs is 1. The van der Waals surface area contributed by atoms with Gasteiger partial charge in [0.2, 0.25) is 0 Å². The molecule has 1 saturated carbocycles. The van der Waals surface area contributed by atoms with Crippen LogP contribution in [0.5, 0.6) is 5.75 Å². The molecule has 34 heavy (non-hydrogen) atoms. The molecule has 1 amide bonds. The molecule has 5 heteroatoms. The number of amides is 1. The summed E-state index contributed by atoms with van der Waals surface area (Å²) in [7, 11) is 0. The lowest BCUT2D eigenvalue weighted by Gasteiger charge is -2.39. The molecule has 3 aromatic carbocycles. The molecule has 0 bridgehead atoms. The molecule has 176 valence electrons. The molecule has 1 aliphatic carbocycles. The largest absolute Gasteiger partial charge is 0.493 e. The lowest BCUT2D eigenvalue weighted by Crippen LogP contribution is -2.48. The number of anilines is 1. The molecule has 0 aromatic heterocycles. The van der Waals surface area contributed by atoms with Gasteiger partial charge in [0.05, 0.1) is 11.5 Å². The number of hydrogen-bond donors (Lipinski definition) is 1. The van der Waals surface area contributed by atoms with Crippen molar-refractivity contribution in [3.8, 4) is 5.75 Å². The van der Waals surface area contributed by atoms with Crippen LogP contribution in [0.4, 0.5) is 5.69 Å². The summed E-state index contributed by atoms with van der Waals surface area (Å²) in [4.78, 5) is 16.7. The van der Waals surface area contributed by atoms with Gasteiger partial charge in [0, 0.05) is 17.1 Å². The summed E-state index contributed by atoms with van der Waals surface area (Å²) in [5, 5.41) is 5.80. The van der Waals surface area contributed by atoms with Crippen molar-refractivity contribution in [1.29, 1.82) is 0 Å². The molecule has 4 nitrogen and oxygen atoms in total. The normalized spacial score (nSPS) is 24.1. The number of nitrogens with zero attached hydrogens (tertiary/aromatic N) is 1. The molecule has 5 rings (SSSR count). The quantitative estimate of drug-likeness (QED) is 0.388.